The molecule has 0 radical (unpaired) electrons. The lowest BCUT2D eigenvalue weighted by atomic mass is 10.2. The largest absolute Gasteiger partial charge is 0.443 e. The van der Waals surface area contributed by atoms with Crippen LogP contribution in [0.4, 0.5) is 0 Å². The van der Waals surface area contributed by atoms with Crippen molar-refractivity contribution in [3.63, 3.8) is 0 Å². The number of allylic oxidation sites excluding steroid dienone is 1. The summed E-state index contributed by atoms with van der Waals surface area (Å²) >= 11 is 0. The molecule has 0 amide bonds. The van der Waals surface area contributed by atoms with Gasteiger partial charge in [-0.1, -0.05) is 5.57 Å². The molecule has 0 spiro atoms. The molecule has 0 aromatic carbocycles. The third-order valence-electron chi connectivity index (χ3n) is 1.11. The number of carbonyl (C=O) groups excluding carboxylic acids is 1. The average Bonchev–Trinajstić information content (AvgIpc) is 1.85. The predicted octanol–water partition coefficient (Wildman–Crippen LogP) is 0.694. The van der Waals surface area contributed by atoms with Gasteiger partial charge in [0.2, 0.25) is 0 Å². The van der Waals surface area contributed by atoms with Gasteiger partial charge in [-0.2, -0.15) is 5.26 Å². The second-order valence-electron chi connectivity index (χ2n) is 2.60. The van der Waals surface area contributed by atoms with Gasteiger partial charge in [-0.3, -0.25) is 5.73 Å². The zero-order chi connectivity index (χ0) is 9.72. The lowest BCUT2D eigenvalue weighted by Gasteiger charge is -2.06. The molecule has 12 heavy (non-hydrogen) atoms. The van der Waals surface area contributed by atoms with Crippen LogP contribution in [0.15, 0.2) is 11.1 Å². The molecule has 0 saturated carbocycles. The van der Waals surface area contributed by atoms with Gasteiger partial charge in [0, 0.05) is 0 Å². The molecule has 0 aliphatic carbocycles. The Balaban J connectivity index is 4.49. The van der Waals surface area contributed by atoms with Crippen LogP contribution in [0.3, 0.4) is 0 Å². The summed E-state index contributed by atoms with van der Waals surface area (Å²) in [5.74, 6) is -0.660. The molecule has 0 bridgehead atoms. The van der Waals surface area contributed by atoms with E-state index in [-0.39, 0.29) is 5.57 Å². The number of hydrogen-bond donors (Lipinski definition) is 1. The SMILES string of the molecule is CC(C)=C(C#N)C(=O)OC(C)N. The summed E-state index contributed by atoms with van der Waals surface area (Å²) in [4.78, 5) is 11.0. The molecule has 4 nitrogen and oxygen atoms in total. The van der Waals surface area contributed by atoms with Gasteiger partial charge < -0.3 is 4.74 Å². The van der Waals surface area contributed by atoms with Crippen LogP contribution < -0.4 is 5.73 Å². The van der Waals surface area contributed by atoms with Crippen molar-refractivity contribution < 1.29 is 9.53 Å². The molecule has 2 N–H and O–H groups in total. The summed E-state index contributed by atoms with van der Waals surface area (Å²) in [5.41, 5.74) is 5.86. The van der Waals surface area contributed by atoms with Crippen LogP contribution in [-0.2, 0) is 9.53 Å². The zero-order valence-electron chi connectivity index (χ0n) is 7.42. The van der Waals surface area contributed by atoms with Gasteiger partial charge in [0.1, 0.15) is 17.9 Å². The minimum Gasteiger partial charge on any atom is -0.443 e. The van der Waals surface area contributed by atoms with E-state index in [9.17, 15) is 4.79 Å². The minimum atomic E-state index is -0.680. The molecular weight excluding hydrogens is 156 g/mol. The number of carbonyl (C=O) groups is 1. The highest BCUT2D eigenvalue weighted by Gasteiger charge is 2.13. The molecule has 0 fully saturated rings. The highest BCUT2D eigenvalue weighted by atomic mass is 16.6. The highest BCUT2D eigenvalue weighted by Crippen LogP contribution is 2.04. The second kappa shape index (κ2) is 4.52. The average molecular weight is 168 g/mol. The molecule has 0 aliphatic heterocycles. The number of esters is 1. The fraction of sp³-hybridized carbons (Fsp3) is 0.500. The zero-order valence-corrected chi connectivity index (χ0v) is 7.42. The van der Waals surface area contributed by atoms with E-state index >= 15 is 0 Å². The van der Waals surface area contributed by atoms with E-state index in [1.807, 2.05) is 0 Å². The van der Waals surface area contributed by atoms with Gasteiger partial charge in [-0.15, -0.1) is 0 Å². The van der Waals surface area contributed by atoms with Crippen molar-refractivity contribution >= 4 is 5.97 Å². The van der Waals surface area contributed by atoms with Crippen molar-refractivity contribution in [3.8, 4) is 6.07 Å². The first-order chi connectivity index (χ1) is 5.49. The predicted molar refractivity (Wildman–Crippen MR) is 43.7 cm³/mol. The van der Waals surface area contributed by atoms with Crippen molar-refractivity contribution in [1.82, 2.24) is 0 Å². The summed E-state index contributed by atoms with van der Waals surface area (Å²) in [6, 6.07) is 1.76. The smallest absolute Gasteiger partial charge is 0.350 e. The Kier molecular flexibility index (Phi) is 4.02. The van der Waals surface area contributed by atoms with Gasteiger partial charge in [0.05, 0.1) is 0 Å². The normalized spacial score (nSPS) is 11.2. The molecule has 0 heterocycles. The summed E-state index contributed by atoms with van der Waals surface area (Å²) in [6.07, 6.45) is -0.680. The molecule has 0 saturated heterocycles. The Morgan fingerprint density at radius 2 is 2.08 bits per heavy atom. The summed E-state index contributed by atoms with van der Waals surface area (Å²) in [5, 5.41) is 8.53. The lowest BCUT2D eigenvalue weighted by Crippen LogP contribution is -2.24. The van der Waals surface area contributed by atoms with Crippen LogP contribution in [0.25, 0.3) is 0 Å². The Bertz CT molecular complexity index is 244. The molecule has 1 unspecified atom stereocenters. The first-order valence-electron chi connectivity index (χ1n) is 3.53. The molecule has 0 rings (SSSR count). The molecule has 0 aromatic rings. The number of rotatable bonds is 2. The molecule has 66 valence electrons. The fourth-order valence-electron chi connectivity index (χ4n) is 0.589. The third kappa shape index (κ3) is 3.17. The van der Waals surface area contributed by atoms with E-state index in [4.69, 9.17) is 11.0 Å². The third-order valence-corrected chi connectivity index (χ3v) is 1.11. The van der Waals surface area contributed by atoms with Crippen LogP contribution >= 0.6 is 0 Å². The van der Waals surface area contributed by atoms with Crippen molar-refractivity contribution in [1.29, 1.82) is 5.26 Å². The highest BCUT2D eigenvalue weighted by molar-refractivity contribution is 5.93. The van der Waals surface area contributed by atoms with E-state index in [2.05, 4.69) is 4.74 Å². The van der Waals surface area contributed by atoms with Crippen LogP contribution in [0.2, 0.25) is 0 Å². The quantitative estimate of drug-likeness (QED) is 0.285. The lowest BCUT2D eigenvalue weighted by molar-refractivity contribution is -0.142. The Hall–Kier alpha value is -1.34. The summed E-state index contributed by atoms with van der Waals surface area (Å²) in [6.45, 7) is 4.86. The van der Waals surface area contributed by atoms with Crippen LogP contribution in [-0.4, -0.2) is 12.2 Å². The van der Waals surface area contributed by atoms with Crippen molar-refractivity contribution in [2.24, 2.45) is 5.73 Å². The van der Waals surface area contributed by atoms with Gasteiger partial charge >= 0.3 is 5.97 Å². The number of hydrogen-bond acceptors (Lipinski definition) is 4. The van der Waals surface area contributed by atoms with E-state index in [0.29, 0.717) is 5.57 Å². The number of nitriles is 1. The second-order valence-corrected chi connectivity index (χ2v) is 2.60. The van der Waals surface area contributed by atoms with Gasteiger partial charge in [0.15, 0.2) is 0 Å². The van der Waals surface area contributed by atoms with Crippen LogP contribution in [0.1, 0.15) is 20.8 Å². The Labute approximate surface area is 71.6 Å². The van der Waals surface area contributed by atoms with Crippen molar-refractivity contribution in [2.45, 2.75) is 27.0 Å². The standard InChI is InChI=1S/C8H12N2O2/c1-5(2)7(4-9)8(11)12-6(3)10/h6H,10H2,1-3H3. The maximum Gasteiger partial charge on any atom is 0.350 e. The molecule has 0 aromatic heterocycles. The monoisotopic (exact) mass is 168 g/mol. The number of ether oxygens (including phenoxy) is 1. The van der Waals surface area contributed by atoms with Gasteiger partial charge in [-0.25, -0.2) is 4.79 Å². The molecule has 0 aliphatic rings. The first-order valence-corrected chi connectivity index (χ1v) is 3.53. The first kappa shape index (κ1) is 10.7. The van der Waals surface area contributed by atoms with E-state index in [1.54, 1.807) is 19.9 Å². The maximum atomic E-state index is 11.0. The van der Waals surface area contributed by atoms with Crippen molar-refractivity contribution in [3.05, 3.63) is 11.1 Å². The maximum absolute atomic E-state index is 11.0. The van der Waals surface area contributed by atoms with Gasteiger partial charge in [-0.05, 0) is 20.8 Å². The van der Waals surface area contributed by atoms with Crippen LogP contribution in [0.5, 0.6) is 0 Å². The Morgan fingerprint density at radius 1 is 1.58 bits per heavy atom. The number of nitrogens with two attached hydrogens (primary N) is 1. The topological polar surface area (TPSA) is 76.1 Å². The fourth-order valence-corrected chi connectivity index (χ4v) is 0.589. The summed E-state index contributed by atoms with van der Waals surface area (Å²) in [7, 11) is 0. The number of nitrogens with zero attached hydrogens (tertiary/aromatic N) is 1. The Morgan fingerprint density at radius 3 is 2.33 bits per heavy atom. The molecule has 4 heteroatoms. The van der Waals surface area contributed by atoms with Crippen LogP contribution in [0, 0.1) is 11.3 Å². The van der Waals surface area contributed by atoms with E-state index in [0.717, 1.165) is 0 Å². The molecule has 1 atom stereocenters. The van der Waals surface area contributed by atoms with Crippen molar-refractivity contribution in [2.75, 3.05) is 0 Å². The van der Waals surface area contributed by atoms with E-state index in [1.165, 1.54) is 6.92 Å². The van der Waals surface area contributed by atoms with E-state index < -0.39 is 12.2 Å². The summed E-state index contributed by atoms with van der Waals surface area (Å²) < 4.78 is 4.62. The minimum absolute atomic E-state index is 0.0206. The van der Waals surface area contributed by atoms with Gasteiger partial charge in [0.25, 0.3) is 0 Å². The molecular formula is C8H12N2O2.